The molecule has 2 heteroatoms. The van der Waals surface area contributed by atoms with Crippen molar-refractivity contribution in [2.75, 3.05) is 0 Å². The maximum Gasteiger partial charge on any atom is 0.115 e. The van der Waals surface area contributed by atoms with Gasteiger partial charge in [-0.05, 0) is 58.9 Å². The van der Waals surface area contributed by atoms with E-state index in [9.17, 15) is 10.2 Å². The van der Waals surface area contributed by atoms with Gasteiger partial charge in [-0.3, -0.25) is 0 Å². The second-order valence-corrected chi connectivity index (χ2v) is 7.60. The largest absolute Gasteiger partial charge is 0.508 e. The molecule has 134 valence electrons. The zero-order chi connectivity index (χ0) is 18.7. The van der Waals surface area contributed by atoms with Crippen molar-refractivity contribution < 1.29 is 10.2 Å². The van der Waals surface area contributed by atoms with Gasteiger partial charge in [-0.15, -0.1) is 0 Å². The molecule has 0 saturated carbocycles. The van der Waals surface area contributed by atoms with Gasteiger partial charge in [0.15, 0.2) is 0 Å². The van der Waals surface area contributed by atoms with E-state index in [1.165, 1.54) is 11.1 Å². The van der Waals surface area contributed by atoms with Crippen LogP contribution in [0.5, 0.6) is 11.5 Å². The Bertz CT molecular complexity index is 846. The fourth-order valence-corrected chi connectivity index (χ4v) is 3.73. The van der Waals surface area contributed by atoms with Gasteiger partial charge in [0.2, 0.25) is 0 Å². The van der Waals surface area contributed by atoms with Crippen molar-refractivity contribution in [1.29, 1.82) is 0 Å². The Morgan fingerprint density at radius 2 is 1.00 bits per heavy atom. The first-order valence-corrected chi connectivity index (χ1v) is 9.08. The van der Waals surface area contributed by atoms with Crippen LogP contribution in [-0.4, -0.2) is 10.2 Å². The van der Waals surface area contributed by atoms with E-state index >= 15 is 0 Å². The summed E-state index contributed by atoms with van der Waals surface area (Å²) in [5, 5.41) is 19.1. The van der Waals surface area contributed by atoms with Crippen molar-refractivity contribution in [2.24, 2.45) is 5.92 Å². The predicted octanol–water partition coefficient (Wildman–Crippen LogP) is 6.12. The number of hydrogen-bond acceptors (Lipinski definition) is 2. The van der Waals surface area contributed by atoms with Crippen LogP contribution in [0.15, 0.2) is 72.8 Å². The van der Waals surface area contributed by atoms with Gasteiger partial charge in [0, 0.05) is 5.41 Å². The molecule has 0 aliphatic carbocycles. The standard InChI is InChI=1S/C24H26O2/c1-17(2)16-24(3,21-10-14-23(26)15-11-21)20-8-4-18(5-9-20)19-6-12-22(25)13-7-19/h4-15,17,25-26H,16H2,1-3H3. The molecule has 3 aromatic rings. The Labute approximate surface area is 155 Å². The molecule has 0 amide bonds. The second kappa shape index (κ2) is 7.25. The Hall–Kier alpha value is -2.74. The second-order valence-electron chi connectivity index (χ2n) is 7.60. The first-order chi connectivity index (χ1) is 12.4. The van der Waals surface area contributed by atoms with E-state index in [1.807, 2.05) is 24.3 Å². The molecular formula is C24H26O2. The van der Waals surface area contributed by atoms with Gasteiger partial charge in [-0.2, -0.15) is 0 Å². The van der Waals surface area contributed by atoms with E-state index in [4.69, 9.17) is 0 Å². The lowest BCUT2D eigenvalue weighted by Gasteiger charge is -2.33. The molecule has 2 N–H and O–H groups in total. The van der Waals surface area contributed by atoms with Crippen LogP contribution < -0.4 is 0 Å². The molecule has 3 aromatic carbocycles. The molecule has 1 atom stereocenters. The molecule has 0 bridgehead atoms. The van der Waals surface area contributed by atoms with Gasteiger partial charge in [0.25, 0.3) is 0 Å². The molecule has 0 saturated heterocycles. The molecule has 2 nitrogen and oxygen atoms in total. The molecule has 0 aliphatic rings. The molecule has 0 radical (unpaired) electrons. The molecule has 26 heavy (non-hydrogen) atoms. The number of phenolic OH excluding ortho intramolecular Hbond substituents is 2. The molecular weight excluding hydrogens is 320 g/mol. The van der Waals surface area contributed by atoms with Gasteiger partial charge in [-0.1, -0.05) is 69.3 Å². The highest BCUT2D eigenvalue weighted by Crippen LogP contribution is 2.39. The van der Waals surface area contributed by atoms with Gasteiger partial charge in [-0.25, -0.2) is 0 Å². The summed E-state index contributed by atoms with van der Waals surface area (Å²) in [7, 11) is 0. The van der Waals surface area contributed by atoms with Crippen molar-refractivity contribution in [3.63, 3.8) is 0 Å². The Kier molecular flexibility index (Phi) is 5.03. The van der Waals surface area contributed by atoms with Crippen molar-refractivity contribution in [1.82, 2.24) is 0 Å². The van der Waals surface area contributed by atoms with E-state index in [0.29, 0.717) is 11.7 Å². The Morgan fingerprint density at radius 1 is 0.654 bits per heavy atom. The fraction of sp³-hybridized carbons (Fsp3) is 0.250. The third-order valence-electron chi connectivity index (χ3n) is 5.04. The van der Waals surface area contributed by atoms with Crippen LogP contribution in [0.25, 0.3) is 11.1 Å². The number of phenols is 2. The van der Waals surface area contributed by atoms with E-state index in [0.717, 1.165) is 17.5 Å². The van der Waals surface area contributed by atoms with Gasteiger partial charge in [0.05, 0.1) is 0 Å². The van der Waals surface area contributed by atoms with E-state index in [1.54, 1.807) is 24.3 Å². The van der Waals surface area contributed by atoms with Crippen LogP contribution >= 0.6 is 0 Å². The van der Waals surface area contributed by atoms with E-state index in [-0.39, 0.29) is 11.2 Å². The van der Waals surface area contributed by atoms with Crippen molar-refractivity contribution in [3.8, 4) is 22.6 Å². The maximum absolute atomic E-state index is 9.64. The minimum Gasteiger partial charge on any atom is -0.508 e. The van der Waals surface area contributed by atoms with Gasteiger partial charge in [0.1, 0.15) is 11.5 Å². The molecule has 0 spiro atoms. The van der Waals surface area contributed by atoms with Crippen molar-refractivity contribution >= 4 is 0 Å². The van der Waals surface area contributed by atoms with Crippen LogP contribution in [0.4, 0.5) is 0 Å². The first kappa shape index (κ1) is 18.1. The summed E-state index contributed by atoms with van der Waals surface area (Å²) in [5.74, 6) is 1.12. The summed E-state index contributed by atoms with van der Waals surface area (Å²) in [6.07, 6.45) is 1.02. The number of hydrogen-bond donors (Lipinski definition) is 2. The SMILES string of the molecule is CC(C)CC(C)(c1ccc(O)cc1)c1ccc(-c2ccc(O)cc2)cc1. The van der Waals surface area contributed by atoms with Crippen LogP contribution in [0.2, 0.25) is 0 Å². The molecule has 3 rings (SSSR count). The van der Waals surface area contributed by atoms with Crippen molar-refractivity contribution in [2.45, 2.75) is 32.6 Å². The van der Waals surface area contributed by atoms with Crippen LogP contribution in [0.1, 0.15) is 38.3 Å². The Morgan fingerprint density at radius 3 is 1.42 bits per heavy atom. The quantitative estimate of drug-likeness (QED) is 0.584. The zero-order valence-corrected chi connectivity index (χ0v) is 15.6. The zero-order valence-electron chi connectivity index (χ0n) is 15.6. The topological polar surface area (TPSA) is 40.5 Å². The lowest BCUT2D eigenvalue weighted by molar-refractivity contribution is 0.426. The minimum absolute atomic E-state index is 0.116. The fourth-order valence-electron chi connectivity index (χ4n) is 3.73. The summed E-state index contributed by atoms with van der Waals surface area (Å²) in [5.41, 5.74) is 4.58. The highest BCUT2D eigenvalue weighted by molar-refractivity contribution is 5.65. The molecule has 0 aliphatic heterocycles. The molecule has 0 fully saturated rings. The normalized spacial score (nSPS) is 13.5. The van der Waals surface area contributed by atoms with E-state index in [2.05, 4.69) is 45.0 Å². The lowest BCUT2D eigenvalue weighted by Crippen LogP contribution is -2.25. The number of benzene rings is 3. The summed E-state index contributed by atoms with van der Waals surface area (Å²) < 4.78 is 0. The maximum atomic E-state index is 9.64. The minimum atomic E-state index is -0.116. The number of aromatic hydroxyl groups is 2. The summed E-state index contributed by atoms with van der Waals surface area (Å²) in [6.45, 7) is 6.75. The molecule has 0 heterocycles. The average Bonchev–Trinajstić information content (AvgIpc) is 2.62. The third-order valence-corrected chi connectivity index (χ3v) is 5.04. The first-order valence-electron chi connectivity index (χ1n) is 9.08. The third kappa shape index (κ3) is 3.75. The number of rotatable bonds is 5. The van der Waals surface area contributed by atoms with Crippen LogP contribution in [-0.2, 0) is 5.41 Å². The molecule has 1 unspecified atom stereocenters. The average molecular weight is 346 g/mol. The van der Waals surface area contributed by atoms with Gasteiger partial charge < -0.3 is 10.2 Å². The smallest absolute Gasteiger partial charge is 0.115 e. The monoisotopic (exact) mass is 346 g/mol. The van der Waals surface area contributed by atoms with Crippen molar-refractivity contribution in [3.05, 3.63) is 83.9 Å². The summed E-state index contributed by atoms with van der Waals surface area (Å²) in [6, 6.07) is 23.5. The van der Waals surface area contributed by atoms with Crippen LogP contribution in [0, 0.1) is 5.92 Å². The highest BCUT2D eigenvalue weighted by Gasteiger charge is 2.29. The summed E-state index contributed by atoms with van der Waals surface area (Å²) >= 11 is 0. The predicted molar refractivity (Wildman–Crippen MR) is 108 cm³/mol. The lowest BCUT2D eigenvalue weighted by atomic mass is 9.71. The highest BCUT2D eigenvalue weighted by atomic mass is 16.3. The molecule has 0 aromatic heterocycles. The summed E-state index contributed by atoms with van der Waals surface area (Å²) in [4.78, 5) is 0. The Balaban J connectivity index is 1.99. The van der Waals surface area contributed by atoms with Crippen LogP contribution in [0.3, 0.4) is 0 Å². The van der Waals surface area contributed by atoms with E-state index < -0.39 is 0 Å². The van der Waals surface area contributed by atoms with Gasteiger partial charge >= 0.3 is 0 Å².